The summed E-state index contributed by atoms with van der Waals surface area (Å²) in [5.74, 6) is 0.143. The number of carbonyl (C=O) groups is 1. The van der Waals surface area contributed by atoms with Gasteiger partial charge in [0.25, 0.3) is 0 Å². The van der Waals surface area contributed by atoms with Crippen LogP contribution in [0.4, 0.5) is 0 Å². The van der Waals surface area contributed by atoms with E-state index in [1.54, 1.807) is 34.9 Å². The van der Waals surface area contributed by atoms with Gasteiger partial charge in [-0.2, -0.15) is 0 Å². The SMILES string of the molecule is CCS(=O)(=O)CC(C)NC(C)C(=O)N(C)C. The Morgan fingerprint density at radius 2 is 1.81 bits per heavy atom. The number of nitrogens with one attached hydrogen (secondary N) is 1. The lowest BCUT2D eigenvalue weighted by atomic mass is 10.2. The number of likely N-dealkylation sites (N-methyl/N-ethyl adjacent to an activating group) is 1. The van der Waals surface area contributed by atoms with E-state index in [-0.39, 0.29) is 29.5 Å². The maximum Gasteiger partial charge on any atom is 0.238 e. The van der Waals surface area contributed by atoms with E-state index in [0.717, 1.165) is 0 Å². The molecule has 0 aliphatic heterocycles. The van der Waals surface area contributed by atoms with Gasteiger partial charge in [-0.05, 0) is 13.8 Å². The van der Waals surface area contributed by atoms with Crippen molar-refractivity contribution in [2.24, 2.45) is 0 Å². The van der Waals surface area contributed by atoms with E-state index < -0.39 is 9.84 Å². The van der Waals surface area contributed by atoms with Gasteiger partial charge in [-0.1, -0.05) is 6.92 Å². The van der Waals surface area contributed by atoms with Crippen LogP contribution in [0.3, 0.4) is 0 Å². The second-order valence-corrected chi connectivity index (χ2v) is 6.62. The minimum absolute atomic E-state index is 0.0549. The number of carbonyl (C=O) groups excluding carboxylic acids is 1. The van der Waals surface area contributed by atoms with Crippen LogP contribution in [0.1, 0.15) is 20.8 Å². The van der Waals surface area contributed by atoms with Crippen molar-refractivity contribution < 1.29 is 13.2 Å². The summed E-state index contributed by atoms with van der Waals surface area (Å²) in [6.07, 6.45) is 0. The molecule has 96 valence electrons. The Kier molecular flexibility index (Phi) is 5.96. The number of hydrogen-bond acceptors (Lipinski definition) is 4. The minimum Gasteiger partial charge on any atom is -0.347 e. The maximum absolute atomic E-state index is 11.5. The molecule has 0 spiro atoms. The van der Waals surface area contributed by atoms with Gasteiger partial charge in [0.1, 0.15) is 0 Å². The molecule has 1 amide bonds. The predicted octanol–water partition coefficient (Wildman–Crippen LogP) is -0.124. The lowest BCUT2D eigenvalue weighted by Crippen LogP contribution is -2.47. The van der Waals surface area contributed by atoms with E-state index >= 15 is 0 Å². The summed E-state index contributed by atoms with van der Waals surface area (Å²) in [5.41, 5.74) is 0. The molecule has 16 heavy (non-hydrogen) atoms. The largest absolute Gasteiger partial charge is 0.347 e. The van der Waals surface area contributed by atoms with E-state index in [4.69, 9.17) is 0 Å². The first-order valence-corrected chi connectivity index (χ1v) is 7.19. The Hall–Kier alpha value is -0.620. The van der Waals surface area contributed by atoms with E-state index in [9.17, 15) is 13.2 Å². The van der Waals surface area contributed by atoms with Crippen LogP contribution in [0.5, 0.6) is 0 Å². The highest BCUT2D eigenvalue weighted by molar-refractivity contribution is 7.91. The molecule has 2 atom stereocenters. The van der Waals surface area contributed by atoms with E-state index in [2.05, 4.69) is 5.32 Å². The Morgan fingerprint density at radius 1 is 1.31 bits per heavy atom. The lowest BCUT2D eigenvalue weighted by Gasteiger charge is -2.21. The van der Waals surface area contributed by atoms with E-state index in [1.165, 1.54) is 4.90 Å². The standard InChI is InChI=1S/C10H22N2O3S/c1-6-16(14,15)7-8(2)11-9(3)10(13)12(4)5/h8-9,11H,6-7H2,1-5H3. The zero-order valence-electron chi connectivity index (χ0n) is 10.6. The first kappa shape index (κ1) is 15.4. The van der Waals surface area contributed by atoms with Crippen LogP contribution in [-0.4, -0.2) is 56.9 Å². The number of sulfone groups is 1. The summed E-state index contributed by atoms with van der Waals surface area (Å²) in [4.78, 5) is 13.0. The quantitative estimate of drug-likeness (QED) is 0.713. The van der Waals surface area contributed by atoms with Crippen molar-refractivity contribution in [3.05, 3.63) is 0 Å². The van der Waals surface area contributed by atoms with Crippen LogP contribution in [0.25, 0.3) is 0 Å². The molecule has 0 aliphatic carbocycles. The molecule has 0 fully saturated rings. The molecule has 0 saturated heterocycles. The number of amides is 1. The molecule has 0 saturated carbocycles. The molecular formula is C10H22N2O3S. The van der Waals surface area contributed by atoms with E-state index in [0.29, 0.717) is 0 Å². The fourth-order valence-electron chi connectivity index (χ4n) is 1.43. The topological polar surface area (TPSA) is 66.5 Å². The van der Waals surface area contributed by atoms with E-state index in [1.807, 2.05) is 0 Å². The number of hydrogen-bond donors (Lipinski definition) is 1. The van der Waals surface area contributed by atoms with Gasteiger partial charge in [0.2, 0.25) is 5.91 Å². The zero-order valence-corrected chi connectivity index (χ0v) is 11.5. The summed E-state index contributed by atoms with van der Waals surface area (Å²) in [6, 6.07) is -0.582. The van der Waals surface area contributed by atoms with Crippen molar-refractivity contribution in [3.63, 3.8) is 0 Å². The Bertz CT molecular complexity index is 325. The molecule has 0 aromatic rings. The molecular weight excluding hydrogens is 228 g/mol. The number of nitrogens with zero attached hydrogens (tertiary/aromatic N) is 1. The van der Waals surface area contributed by atoms with Crippen LogP contribution in [0.15, 0.2) is 0 Å². The van der Waals surface area contributed by atoms with Crippen LogP contribution in [-0.2, 0) is 14.6 Å². The number of rotatable bonds is 6. The van der Waals surface area contributed by atoms with Crippen LogP contribution < -0.4 is 5.32 Å². The highest BCUT2D eigenvalue weighted by Gasteiger charge is 2.20. The fraction of sp³-hybridized carbons (Fsp3) is 0.900. The normalized spacial score (nSPS) is 15.6. The third kappa shape index (κ3) is 5.46. The second kappa shape index (κ2) is 6.20. The smallest absolute Gasteiger partial charge is 0.238 e. The van der Waals surface area contributed by atoms with Gasteiger partial charge >= 0.3 is 0 Å². The van der Waals surface area contributed by atoms with Crippen molar-refractivity contribution in [3.8, 4) is 0 Å². The van der Waals surface area contributed by atoms with Crippen molar-refractivity contribution in [2.45, 2.75) is 32.9 Å². The lowest BCUT2D eigenvalue weighted by molar-refractivity contribution is -0.130. The monoisotopic (exact) mass is 250 g/mol. The van der Waals surface area contributed by atoms with Gasteiger partial charge in [0, 0.05) is 25.9 Å². The van der Waals surface area contributed by atoms with Gasteiger partial charge in [0.05, 0.1) is 11.8 Å². The third-order valence-electron chi connectivity index (χ3n) is 2.29. The summed E-state index contributed by atoms with van der Waals surface area (Å²) >= 11 is 0. The highest BCUT2D eigenvalue weighted by atomic mass is 32.2. The Labute approximate surface area is 98.1 Å². The summed E-state index contributed by atoms with van der Waals surface area (Å²) in [5, 5.41) is 2.98. The molecule has 0 aromatic heterocycles. The molecule has 0 aromatic carbocycles. The third-order valence-corrected chi connectivity index (χ3v) is 4.18. The average molecular weight is 250 g/mol. The van der Waals surface area contributed by atoms with Crippen molar-refractivity contribution in [2.75, 3.05) is 25.6 Å². The van der Waals surface area contributed by atoms with Gasteiger partial charge in [-0.15, -0.1) is 0 Å². The van der Waals surface area contributed by atoms with Gasteiger partial charge in [0.15, 0.2) is 9.84 Å². The summed E-state index contributed by atoms with van der Waals surface area (Å²) in [7, 11) is 0.351. The fourth-order valence-corrected chi connectivity index (χ4v) is 2.53. The molecule has 6 heteroatoms. The average Bonchev–Trinajstić information content (AvgIpc) is 2.15. The predicted molar refractivity (Wildman–Crippen MR) is 65.1 cm³/mol. The molecule has 5 nitrogen and oxygen atoms in total. The Morgan fingerprint density at radius 3 is 2.19 bits per heavy atom. The van der Waals surface area contributed by atoms with Crippen LogP contribution in [0.2, 0.25) is 0 Å². The van der Waals surface area contributed by atoms with Crippen LogP contribution >= 0.6 is 0 Å². The first-order valence-electron chi connectivity index (χ1n) is 5.37. The van der Waals surface area contributed by atoms with Gasteiger partial charge < -0.3 is 10.2 Å². The van der Waals surface area contributed by atoms with Gasteiger partial charge in [-0.3, -0.25) is 4.79 Å². The highest BCUT2D eigenvalue weighted by Crippen LogP contribution is 1.97. The molecule has 1 N–H and O–H groups in total. The molecule has 0 rings (SSSR count). The van der Waals surface area contributed by atoms with Crippen LogP contribution in [0, 0.1) is 0 Å². The summed E-state index contributed by atoms with van der Waals surface area (Å²) < 4.78 is 22.7. The maximum atomic E-state index is 11.5. The molecule has 0 radical (unpaired) electrons. The minimum atomic E-state index is -3.00. The summed E-state index contributed by atoms with van der Waals surface area (Å²) in [6.45, 7) is 5.13. The Balaban J connectivity index is 4.26. The molecule has 0 bridgehead atoms. The van der Waals surface area contributed by atoms with Gasteiger partial charge in [-0.25, -0.2) is 8.42 Å². The first-order chi connectivity index (χ1) is 7.19. The second-order valence-electron chi connectivity index (χ2n) is 4.22. The van der Waals surface area contributed by atoms with Crippen molar-refractivity contribution in [1.82, 2.24) is 10.2 Å². The van der Waals surface area contributed by atoms with Crippen molar-refractivity contribution >= 4 is 15.7 Å². The molecule has 2 unspecified atom stereocenters. The van der Waals surface area contributed by atoms with Crippen molar-refractivity contribution in [1.29, 1.82) is 0 Å². The zero-order chi connectivity index (χ0) is 12.9. The molecule has 0 heterocycles. The molecule has 0 aliphatic rings.